The fourth-order valence-electron chi connectivity index (χ4n) is 0.600. The summed E-state index contributed by atoms with van der Waals surface area (Å²) >= 11 is 12.0. The molecule has 0 unspecified atom stereocenters. The lowest BCUT2D eigenvalue weighted by atomic mass is 10.4. The molecule has 0 aliphatic carbocycles. The second-order valence-electron chi connectivity index (χ2n) is 2.73. The topological polar surface area (TPSA) is 46.2 Å². The van der Waals surface area contributed by atoms with Crippen molar-refractivity contribution in [2.75, 3.05) is 17.0 Å². The molecule has 0 aromatic rings. The summed E-state index contributed by atoms with van der Waals surface area (Å²) in [7, 11) is -2.88. The number of unbranched alkanes of at least 4 members (excludes halogenated alkanes) is 1. The van der Waals surface area contributed by atoms with Crippen molar-refractivity contribution < 1.29 is 9.36 Å². The largest absolute Gasteiger partial charge is 0.298 e. The van der Waals surface area contributed by atoms with Gasteiger partial charge in [0.25, 0.3) is 5.24 Å². The third kappa shape index (κ3) is 6.18. The Morgan fingerprint density at radius 3 is 2.43 bits per heavy atom. The normalized spacial score (nSPS) is 11.4. The average Bonchev–Trinajstić information content (AvgIpc) is 2.18. The van der Waals surface area contributed by atoms with Gasteiger partial charge in [0.1, 0.15) is 0 Å². The van der Waals surface area contributed by atoms with Gasteiger partial charge in [-0.2, -0.15) is 0 Å². The van der Waals surface area contributed by atoms with E-state index in [-0.39, 0.29) is 16.5 Å². The van der Waals surface area contributed by atoms with E-state index in [0.717, 1.165) is 30.4 Å². The molecule has 0 atom stereocenters. The fourth-order valence-corrected chi connectivity index (χ4v) is 3.62. The molecule has 0 saturated heterocycles. The molecule has 7 heteroatoms. The first-order valence-electron chi connectivity index (χ1n) is 4.23. The van der Waals surface area contributed by atoms with Gasteiger partial charge >= 0.3 is 0 Å². The Bertz CT molecular complexity index is 220. The third-order valence-corrected chi connectivity index (χ3v) is 6.12. The number of carbonyl (C=O) groups is 1. The standard InChI is InChI=1S/C7H14Cl2NO2PS/c1-2-3-4-14-7(11)10-13(12,5-8)6-9/h2-6H2,1H3,(H,10,11,12). The van der Waals surface area contributed by atoms with E-state index in [1.54, 1.807) is 0 Å². The van der Waals surface area contributed by atoms with Crippen molar-refractivity contribution in [3.8, 4) is 0 Å². The lowest BCUT2D eigenvalue weighted by Gasteiger charge is -2.12. The summed E-state index contributed by atoms with van der Waals surface area (Å²) in [4.78, 5) is 11.2. The van der Waals surface area contributed by atoms with Crippen molar-refractivity contribution in [3.05, 3.63) is 0 Å². The van der Waals surface area contributed by atoms with E-state index in [1.165, 1.54) is 0 Å². The Balaban J connectivity index is 3.86. The number of carbonyl (C=O) groups excluding carboxylic acids is 1. The monoisotopic (exact) mass is 277 g/mol. The van der Waals surface area contributed by atoms with Crippen molar-refractivity contribution in [2.45, 2.75) is 19.8 Å². The van der Waals surface area contributed by atoms with Crippen LogP contribution in [0.3, 0.4) is 0 Å². The van der Waals surface area contributed by atoms with Crippen LogP contribution in [0.2, 0.25) is 0 Å². The molecule has 3 nitrogen and oxygen atoms in total. The predicted molar refractivity (Wildman–Crippen MR) is 64.9 cm³/mol. The van der Waals surface area contributed by atoms with E-state index < -0.39 is 7.29 Å². The highest BCUT2D eigenvalue weighted by Crippen LogP contribution is 2.43. The summed E-state index contributed by atoms with van der Waals surface area (Å²) in [6, 6.07) is 0. The molecule has 0 bridgehead atoms. The number of thioether (sulfide) groups is 1. The van der Waals surface area contributed by atoms with Crippen LogP contribution in [-0.2, 0) is 4.57 Å². The molecule has 0 aliphatic rings. The Hall–Kier alpha value is 0.630. The van der Waals surface area contributed by atoms with Gasteiger partial charge in [0.2, 0.25) is 7.29 Å². The van der Waals surface area contributed by atoms with Crippen molar-refractivity contribution in [1.29, 1.82) is 0 Å². The molecule has 0 aliphatic heterocycles. The average molecular weight is 278 g/mol. The smallest absolute Gasteiger partial charge is 0.284 e. The van der Waals surface area contributed by atoms with Gasteiger partial charge in [-0.3, -0.25) is 14.4 Å². The second kappa shape index (κ2) is 7.86. The van der Waals surface area contributed by atoms with Crippen LogP contribution in [0.4, 0.5) is 4.79 Å². The van der Waals surface area contributed by atoms with E-state index in [9.17, 15) is 9.36 Å². The lowest BCUT2D eigenvalue weighted by Crippen LogP contribution is -2.17. The number of halogens is 2. The van der Waals surface area contributed by atoms with Crippen LogP contribution in [0.1, 0.15) is 19.8 Å². The van der Waals surface area contributed by atoms with Crippen LogP contribution >= 0.6 is 42.3 Å². The predicted octanol–water partition coefficient (Wildman–Crippen LogP) is 3.90. The Morgan fingerprint density at radius 2 is 2.00 bits per heavy atom. The zero-order valence-corrected chi connectivity index (χ0v) is 11.2. The molecule has 14 heavy (non-hydrogen) atoms. The van der Waals surface area contributed by atoms with Gasteiger partial charge in [-0.1, -0.05) is 25.1 Å². The molecule has 0 radical (unpaired) electrons. The maximum atomic E-state index is 11.6. The number of hydrogen-bond donors (Lipinski definition) is 1. The highest BCUT2D eigenvalue weighted by molar-refractivity contribution is 8.14. The highest BCUT2D eigenvalue weighted by atomic mass is 35.5. The van der Waals surface area contributed by atoms with Crippen LogP contribution in [-0.4, -0.2) is 22.2 Å². The second-order valence-corrected chi connectivity index (χ2v) is 7.71. The van der Waals surface area contributed by atoms with Gasteiger partial charge in [-0.15, -0.1) is 23.2 Å². The van der Waals surface area contributed by atoms with Crippen molar-refractivity contribution >= 4 is 47.5 Å². The van der Waals surface area contributed by atoms with Crippen molar-refractivity contribution in [3.63, 3.8) is 0 Å². The van der Waals surface area contributed by atoms with Crippen LogP contribution < -0.4 is 5.09 Å². The van der Waals surface area contributed by atoms with Gasteiger partial charge in [0, 0.05) is 5.75 Å². The number of alkyl halides is 2. The quantitative estimate of drug-likeness (QED) is 0.455. The van der Waals surface area contributed by atoms with Gasteiger partial charge < -0.3 is 0 Å². The van der Waals surface area contributed by atoms with Crippen molar-refractivity contribution in [1.82, 2.24) is 5.09 Å². The van der Waals surface area contributed by atoms with E-state index in [4.69, 9.17) is 23.2 Å². The minimum Gasteiger partial charge on any atom is -0.298 e. The van der Waals surface area contributed by atoms with E-state index in [0.29, 0.717) is 0 Å². The maximum Gasteiger partial charge on any atom is 0.284 e. The molecule has 0 fully saturated rings. The zero-order valence-electron chi connectivity index (χ0n) is 7.96. The van der Waals surface area contributed by atoms with Gasteiger partial charge in [0.05, 0.1) is 11.2 Å². The number of hydrogen-bond acceptors (Lipinski definition) is 3. The molecular formula is C7H14Cl2NO2PS. The molecule has 1 N–H and O–H groups in total. The summed E-state index contributed by atoms with van der Waals surface area (Å²) in [5, 5.41) is 2.06. The zero-order chi connectivity index (χ0) is 11.0. The SMILES string of the molecule is CCCCSC(=O)NP(=O)(CCl)CCl. The van der Waals surface area contributed by atoms with Crippen LogP contribution in [0.15, 0.2) is 0 Å². The number of amides is 1. The van der Waals surface area contributed by atoms with Gasteiger partial charge in [0.15, 0.2) is 0 Å². The first-order chi connectivity index (χ1) is 6.58. The Morgan fingerprint density at radius 1 is 1.43 bits per heavy atom. The summed E-state index contributed by atoms with van der Waals surface area (Å²) in [5.41, 5.74) is -0.229. The maximum absolute atomic E-state index is 11.6. The summed E-state index contributed by atoms with van der Waals surface area (Å²) in [6.45, 7) is 2.04. The first kappa shape index (κ1) is 14.6. The van der Waals surface area contributed by atoms with Crippen LogP contribution in [0.5, 0.6) is 0 Å². The molecule has 0 aromatic heterocycles. The summed E-state index contributed by atoms with van der Waals surface area (Å²) in [5.74, 6) is 0.729. The third-order valence-electron chi connectivity index (χ3n) is 1.41. The molecule has 0 saturated carbocycles. The number of nitrogens with one attached hydrogen (secondary N) is 1. The Labute approximate surface area is 98.7 Å². The summed E-state index contributed by atoms with van der Waals surface area (Å²) < 4.78 is 11.6. The molecule has 0 rings (SSSR count). The molecule has 84 valence electrons. The van der Waals surface area contributed by atoms with E-state index in [2.05, 4.69) is 5.09 Å². The van der Waals surface area contributed by atoms with Crippen molar-refractivity contribution in [2.24, 2.45) is 0 Å². The van der Waals surface area contributed by atoms with E-state index >= 15 is 0 Å². The molecule has 0 spiro atoms. The number of rotatable bonds is 6. The fraction of sp³-hybridized carbons (Fsp3) is 0.857. The van der Waals surface area contributed by atoms with E-state index in [1.807, 2.05) is 6.92 Å². The molecular weight excluding hydrogens is 264 g/mol. The van der Waals surface area contributed by atoms with Gasteiger partial charge in [-0.05, 0) is 6.42 Å². The minimum absolute atomic E-state index is 0.115. The Kier molecular flexibility index (Phi) is 8.22. The molecule has 0 heterocycles. The van der Waals surface area contributed by atoms with Crippen LogP contribution in [0, 0.1) is 0 Å². The lowest BCUT2D eigenvalue weighted by molar-refractivity contribution is 0.264. The minimum atomic E-state index is -2.88. The highest BCUT2D eigenvalue weighted by Gasteiger charge is 2.21. The molecule has 1 amide bonds. The van der Waals surface area contributed by atoms with Crippen LogP contribution in [0.25, 0.3) is 0 Å². The first-order valence-corrected chi connectivity index (χ1v) is 8.36. The molecule has 0 aromatic carbocycles. The van der Waals surface area contributed by atoms with Gasteiger partial charge in [-0.25, -0.2) is 0 Å². The summed E-state index contributed by atoms with van der Waals surface area (Å²) in [6.07, 6.45) is 1.99.